The van der Waals surface area contributed by atoms with Crippen molar-refractivity contribution in [2.24, 2.45) is 5.92 Å². The van der Waals surface area contributed by atoms with E-state index in [1.807, 2.05) is 47.4 Å². The quantitative estimate of drug-likeness (QED) is 0.799. The molecule has 7 heteroatoms. The van der Waals surface area contributed by atoms with Gasteiger partial charge in [-0.3, -0.25) is 9.59 Å². The van der Waals surface area contributed by atoms with Crippen LogP contribution in [0.15, 0.2) is 48.7 Å². The van der Waals surface area contributed by atoms with Crippen LogP contribution >= 0.6 is 0 Å². The summed E-state index contributed by atoms with van der Waals surface area (Å²) < 4.78 is 5.40. The molecule has 3 aliphatic rings. The molecule has 1 aromatic carbocycles. The Labute approximate surface area is 188 Å². The molecule has 2 saturated heterocycles. The number of carbonyl (C=O) groups excluding carboxylic acids is 2. The SMILES string of the molecule is O=C(Nc1ccc(N2CCOCC2)nc1)C1CC2CCCCC2N1C(=O)c1ccccc1. The van der Waals surface area contributed by atoms with E-state index in [4.69, 9.17) is 4.74 Å². The summed E-state index contributed by atoms with van der Waals surface area (Å²) in [7, 11) is 0. The summed E-state index contributed by atoms with van der Waals surface area (Å²) in [6, 6.07) is 12.8. The van der Waals surface area contributed by atoms with E-state index >= 15 is 0 Å². The highest BCUT2D eigenvalue weighted by molar-refractivity contribution is 6.01. The zero-order valence-corrected chi connectivity index (χ0v) is 18.3. The van der Waals surface area contributed by atoms with Gasteiger partial charge in [0.1, 0.15) is 11.9 Å². The van der Waals surface area contributed by atoms with Gasteiger partial charge in [-0.25, -0.2) is 4.98 Å². The molecule has 0 radical (unpaired) electrons. The lowest BCUT2D eigenvalue weighted by atomic mass is 9.84. The minimum Gasteiger partial charge on any atom is -0.378 e. The summed E-state index contributed by atoms with van der Waals surface area (Å²) in [5.41, 5.74) is 1.31. The van der Waals surface area contributed by atoms with E-state index in [-0.39, 0.29) is 17.9 Å². The number of aromatic nitrogens is 1. The number of benzene rings is 1. The van der Waals surface area contributed by atoms with Gasteiger partial charge in [-0.15, -0.1) is 0 Å². The first-order valence-electron chi connectivity index (χ1n) is 11.7. The Kier molecular flexibility index (Phi) is 6.08. The lowest BCUT2D eigenvalue weighted by Gasteiger charge is -2.33. The molecule has 1 N–H and O–H groups in total. The average Bonchev–Trinajstić information content (AvgIpc) is 3.25. The fourth-order valence-electron chi connectivity index (χ4n) is 5.38. The molecule has 2 amide bonds. The standard InChI is InChI=1S/C25H30N4O3/c30-24(27-20-10-11-23(26-17-20)28-12-14-32-15-13-28)22-16-19-8-4-5-9-21(19)29(22)25(31)18-6-2-1-3-7-18/h1-3,6-7,10-11,17,19,21-22H,4-5,8-9,12-16H2,(H,27,30). The summed E-state index contributed by atoms with van der Waals surface area (Å²) in [5.74, 6) is 1.12. The van der Waals surface area contributed by atoms with Crippen molar-refractivity contribution in [3.05, 3.63) is 54.2 Å². The maximum atomic E-state index is 13.4. The first-order chi connectivity index (χ1) is 15.7. The fourth-order valence-corrected chi connectivity index (χ4v) is 5.38. The molecule has 168 valence electrons. The van der Waals surface area contributed by atoms with Crippen LogP contribution in [0.4, 0.5) is 11.5 Å². The van der Waals surface area contributed by atoms with Crippen molar-refractivity contribution in [2.75, 3.05) is 36.5 Å². The Morgan fingerprint density at radius 3 is 2.53 bits per heavy atom. The van der Waals surface area contributed by atoms with Crippen LogP contribution in [-0.2, 0) is 9.53 Å². The number of fused-ring (bicyclic) bond motifs is 1. The summed E-state index contributed by atoms with van der Waals surface area (Å²) in [4.78, 5) is 35.3. The van der Waals surface area contributed by atoms with Gasteiger partial charge in [-0.05, 0) is 49.4 Å². The number of amides is 2. The molecule has 2 aliphatic heterocycles. The number of nitrogens with zero attached hydrogens (tertiary/aromatic N) is 3. The van der Waals surface area contributed by atoms with E-state index in [0.717, 1.165) is 44.6 Å². The Balaban J connectivity index is 1.32. The van der Waals surface area contributed by atoms with Gasteiger partial charge in [0, 0.05) is 24.7 Å². The van der Waals surface area contributed by atoms with Crippen LogP contribution in [0, 0.1) is 5.92 Å². The summed E-state index contributed by atoms with van der Waals surface area (Å²) in [6.45, 7) is 3.05. The number of hydrogen-bond acceptors (Lipinski definition) is 5. The van der Waals surface area contributed by atoms with Gasteiger partial charge in [-0.1, -0.05) is 31.0 Å². The average molecular weight is 435 g/mol. The zero-order valence-electron chi connectivity index (χ0n) is 18.3. The Bertz CT molecular complexity index is 943. The number of anilines is 2. The minimum atomic E-state index is -0.449. The molecule has 1 aromatic heterocycles. The van der Waals surface area contributed by atoms with Crippen molar-refractivity contribution in [3.8, 4) is 0 Å². The van der Waals surface area contributed by atoms with Gasteiger partial charge in [0.05, 0.1) is 25.1 Å². The molecule has 3 atom stereocenters. The molecule has 32 heavy (non-hydrogen) atoms. The van der Waals surface area contributed by atoms with Crippen molar-refractivity contribution < 1.29 is 14.3 Å². The Morgan fingerprint density at radius 2 is 1.78 bits per heavy atom. The minimum absolute atomic E-state index is 0.0408. The topological polar surface area (TPSA) is 74.8 Å². The van der Waals surface area contributed by atoms with Gasteiger partial charge < -0.3 is 19.9 Å². The second kappa shape index (κ2) is 9.28. The smallest absolute Gasteiger partial charge is 0.254 e. The molecule has 3 unspecified atom stereocenters. The molecule has 7 nitrogen and oxygen atoms in total. The normalized spacial score (nSPS) is 25.3. The van der Waals surface area contributed by atoms with Crippen molar-refractivity contribution in [1.29, 1.82) is 0 Å². The maximum absolute atomic E-state index is 13.4. The fraction of sp³-hybridized carbons (Fsp3) is 0.480. The zero-order chi connectivity index (χ0) is 21.9. The highest BCUT2D eigenvalue weighted by Crippen LogP contribution is 2.40. The molecule has 3 fully saturated rings. The highest BCUT2D eigenvalue weighted by atomic mass is 16.5. The van der Waals surface area contributed by atoms with E-state index in [1.54, 1.807) is 6.20 Å². The molecule has 3 heterocycles. The van der Waals surface area contributed by atoms with Gasteiger partial charge in [-0.2, -0.15) is 0 Å². The molecule has 0 bridgehead atoms. The molecule has 1 aliphatic carbocycles. The predicted molar refractivity (Wildman–Crippen MR) is 123 cm³/mol. The monoisotopic (exact) mass is 434 g/mol. The third kappa shape index (κ3) is 4.21. The molecule has 0 spiro atoms. The van der Waals surface area contributed by atoms with E-state index in [0.29, 0.717) is 30.4 Å². The lowest BCUT2D eigenvalue weighted by molar-refractivity contribution is -0.120. The third-order valence-corrected chi connectivity index (χ3v) is 7.00. The van der Waals surface area contributed by atoms with E-state index in [1.165, 1.54) is 6.42 Å². The molecular formula is C25H30N4O3. The number of hydrogen-bond donors (Lipinski definition) is 1. The lowest BCUT2D eigenvalue weighted by Crippen LogP contribution is -2.47. The van der Waals surface area contributed by atoms with Gasteiger partial charge in [0.25, 0.3) is 5.91 Å². The van der Waals surface area contributed by atoms with Gasteiger partial charge in [0.2, 0.25) is 5.91 Å². The summed E-state index contributed by atoms with van der Waals surface area (Å²) in [5, 5.41) is 3.02. The number of morpholine rings is 1. The van der Waals surface area contributed by atoms with Gasteiger partial charge >= 0.3 is 0 Å². The number of rotatable bonds is 4. The maximum Gasteiger partial charge on any atom is 0.254 e. The van der Waals surface area contributed by atoms with E-state index < -0.39 is 6.04 Å². The van der Waals surface area contributed by atoms with Crippen LogP contribution < -0.4 is 10.2 Å². The second-order valence-electron chi connectivity index (χ2n) is 8.94. The molecule has 5 rings (SSSR count). The second-order valence-corrected chi connectivity index (χ2v) is 8.94. The van der Waals surface area contributed by atoms with E-state index in [2.05, 4.69) is 15.2 Å². The number of pyridine rings is 1. The number of likely N-dealkylation sites (tertiary alicyclic amines) is 1. The van der Waals surface area contributed by atoms with Crippen LogP contribution in [0.1, 0.15) is 42.5 Å². The van der Waals surface area contributed by atoms with Crippen LogP contribution in [0.2, 0.25) is 0 Å². The largest absolute Gasteiger partial charge is 0.378 e. The molecule has 2 aromatic rings. The third-order valence-electron chi connectivity index (χ3n) is 7.00. The van der Waals surface area contributed by atoms with Crippen molar-refractivity contribution >= 4 is 23.3 Å². The van der Waals surface area contributed by atoms with Crippen molar-refractivity contribution in [1.82, 2.24) is 9.88 Å². The summed E-state index contributed by atoms with van der Waals surface area (Å²) in [6.07, 6.45) is 6.78. The Hall–Kier alpha value is -2.93. The molecule has 1 saturated carbocycles. The number of carbonyl (C=O) groups is 2. The first-order valence-corrected chi connectivity index (χ1v) is 11.7. The van der Waals surface area contributed by atoms with E-state index in [9.17, 15) is 9.59 Å². The van der Waals surface area contributed by atoms with Crippen molar-refractivity contribution in [2.45, 2.75) is 44.2 Å². The first kappa shape index (κ1) is 20.9. The summed E-state index contributed by atoms with van der Waals surface area (Å²) >= 11 is 0. The van der Waals surface area contributed by atoms with Crippen LogP contribution in [-0.4, -0.2) is 60.1 Å². The predicted octanol–water partition coefficient (Wildman–Crippen LogP) is 3.33. The number of ether oxygens (including phenoxy) is 1. The van der Waals surface area contributed by atoms with Crippen LogP contribution in [0.3, 0.4) is 0 Å². The highest BCUT2D eigenvalue weighted by Gasteiger charge is 2.47. The van der Waals surface area contributed by atoms with Crippen molar-refractivity contribution in [3.63, 3.8) is 0 Å². The number of nitrogens with one attached hydrogen (secondary N) is 1. The van der Waals surface area contributed by atoms with Crippen LogP contribution in [0.25, 0.3) is 0 Å². The Morgan fingerprint density at radius 1 is 1.00 bits per heavy atom. The van der Waals surface area contributed by atoms with Crippen LogP contribution in [0.5, 0.6) is 0 Å². The van der Waals surface area contributed by atoms with Gasteiger partial charge in [0.15, 0.2) is 0 Å². The molecular weight excluding hydrogens is 404 g/mol.